The van der Waals surface area contributed by atoms with Crippen LogP contribution < -0.4 is 5.73 Å². The van der Waals surface area contributed by atoms with Crippen molar-refractivity contribution in [1.29, 1.82) is 5.26 Å². The zero-order valence-electron chi connectivity index (χ0n) is 10.8. The summed E-state index contributed by atoms with van der Waals surface area (Å²) in [6.07, 6.45) is 2.86. The molecule has 1 aliphatic heterocycles. The number of nitriles is 1. The SMILES string of the molecule is CC(C)C[C@H]1C(C#N)=C(N)OC2=C1C(=O)CCC2. The summed E-state index contributed by atoms with van der Waals surface area (Å²) in [7, 11) is 0. The van der Waals surface area contributed by atoms with Crippen molar-refractivity contribution in [2.45, 2.75) is 39.5 Å². The summed E-state index contributed by atoms with van der Waals surface area (Å²) in [4.78, 5) is 12.1. The van der Waals surface area contributed by atoms with Gasteiger partial charge in [-0.25, -0.2) is 0 Å². The van der Waals surface area contributed by atoms with Crippen LogP contribution in [0.25, 0.3) is 0 Å². The Bertz CT molecular complexity index is 481. The summed E-state index contributed by atoms with van der Waals surface area (Å²) in [6, 6.07) is 2.11. The fraction of sp³-hybridized carbons (Fsp3) is 0.571. The maximum atomic E-state index is 12.1. The molecule has 0 saturated carbocycles. The zero-order chi connectivity index (χ0) is 13.3. The highest BCUT2D eigenvalue weighted by Gasteiger charge is 2.36. The van der Waals surface area contributed by atoms with Gasteiger partial charge in [-0.05, 0) is 18.8 Å². The summed E-state index contributed by atoms with van der Waals surface area (Å²) in [5.41, 5.74) is 6.91. The number of carbonyl (C=O) groups is 1. The molecule has 1 atom stereocenters. The molecule has 0 bridgehead atoms. The van der Waals surface area contributed by atoms with Crippen LogP contribution >= 0.6 is 0 Å². The molecule has 1 heterocycles. The van der Waals surface area contributed by atoms with Gasteiger partial charge in [0.2, 0.25) is 5.88 Å². The van der Waals surface area contributed by atoms with Gasteiger partial charge in [0.25, 0.3) is 0 Å². The quantitative estimate of drug-likeness (QED) is 0.811. The third-order valence-electron chi connectivity index (χ3n) is 3.43. The first-order chi connectivity index (χ1) is 8.54. The molecule has 96 valence electrons. The molecule has 0 aromatic heterocycles. The number of nitrogens with zero attached hydrogens (tertiary/aromatic N) is 1. The molecule has 2 rings (SSSR count). The van der Waals surface area contributed by atoms with Gasteiger partial charge in [0.05, 0.1) is 5.57 Å². The standard InChI is InChI=1S/C14H18N2O2/c1-8(2)6-9-10(7-15)14(16)18-12-5-3-4-11(17)13(9)12/h8-9H,3-6,16H2,1-2H3/t9-/m0/s1. The summed E-state index contributed by atoms with van der Waals surface area (Å²) >= 11 is 0. The monoisotopic (exact) mass is 246 g/mol. The molecule has 4 nitrogen and oxygen atoms in total. The molecule has 0 fully saturated rings. The molecule has 0 aromatic carbocycles. The lowest BCUT2D eigenvalue weighted by Gasteiger charge is -2.31. The van der Waals surface area contributed by atoms with E-state index in [9.17, 15) is 10.1 Å². The van der Waals surface area contributed by atoms with Gasteiger partial charge in [-0.15, -0.1) is 0 Å². The van der Waals surface area contributed by atoms with Crippen molar-refractivity contribution >= 4 is 5.78 Å². The van der Waals surface area contributed by atoms with Gasteiger partial charge in [0.15, 0.2) is 5.78 Å². The summed E-state index contributed by atoms with van der Waals surface area (Å²) < 4.78 is 5.47. The van der Waals surface area contributed by atoms with Crippen LogP contribution in [0.3, 0.4) is 0 Å². The molecule has 0 spiro atoms. The van der Waals surface area contributed by atoms with E-state index in [4.69, 9.17) is 10.5 Å². The fourth-order valence-corrected chi connectivity index (χ4v) is 2.67. The van der Waals surface area contributed by atoms with E-state index < -0.39 is 0 Å². The maximum Gasteiger partial charge on any atom is 0.204 e. The second kappa shape index (κ2) is 4.85. The molecule has 2 aliphatic rings. The predicted molar refractivity (Wildman–Crippen MR) is 66.7 cm³/mol. The van der Waals surface area contributed by atoms with E-state index in [2.05, 4.69) is 19.9 Å². The number of hydrogen-bond donors (Lipinski definition) is 1. The highest BCUT2D eigenvalue weighted by atomic mass is 16.5. The van der Waals surface area contributed by atoms with Crippen molar-refractivity contribution in [2.24, 2.45) is 17.6 Å². The number of hydrogen-bond acceptors (Lipinski definition) is 4. The average molecular weight is 246 g/mol. The van der Waals surface area contributed by atoms with Gasteiger partial charge >= 0.3 is 0 Å². The number of ether oxygens (including phenoxy) is 1. The third-order valence-corrected chi connectivity index (χ3v) is 3.43. The number of rotatable bonds is 2. The smallest absolute Gasteiger partial charge is 0.204 e. The normalized spacial score (nSPS) is 23.9. The molecule has 2 N–H and O–H groups in total. The Morgan fingerprint density at radius 2 is 2.22 bits per heavy atom. The van der Waals surface area contributed by atoms with Gasteiger partial charge < -0.3 is 10.5 Å². The van der Waals surface area contributed by atoms with E-state index >= 15 is 0 Å². The summed E-state index contributed by atoms with van der Waals surface area (Å²) in [5, 5.41) is 9.22. The first kappa shape index (κ1) is 12.7. The minimum absolute atomic E-state index is 0.113. The molecule has 0 saturated heterocycles. The van der Waals surface area contributed by atoms with E-state index in [1.165, 1.54) is 0 Å². The summed E-state index contributed by atoms with van der Waals surface area (Å²) in [6.45, 7) is 4.16. The van der Waals surface area contributed by atoms with Crippen LogP contribution in [0.15, 0.2) is 22.8 Å². The minimum Gasteiger partial charge on any atom is -0.444 e. The van der Waals surface area contributed by atoms with E-state index in [1.54, 1.807) is 0 Å². The third kappa shape index (κ3) is 2.13. The highest BCUT2D eigenvalue weighted by molar-refractivity contribution is 5.98. The zero-order valence-corrected chi connectivity index (χ0v) is 10.8. The van der Waals surface area contributed by atoms with E-state index in [0.717, 1.165) is 19.3 Å². The number of carbonyl (C=O) groups excluding carboxylic acids is 1. The Labute approximate surface area is 107 Å². The van der Waals surface area contributed by atoms with E-state index in [1.807, 2.05) is 0 Å². The van der Waals surface area contributed by atoms with Crippen LogP contribution in [0.1, 0.15) is 39.5 Å². The number of allylic oxidation sites excluding steroid dienone is 3. The number of nitrogens with two attached hydrogens (primary N) is 1. The fourth-order valence-electron chi connectivity index (χ4n) is 2.67. The molecule has 0 radical (unpaired) electrons. The first-order valence-corrected chi connectivity index (χ1v) is 6.38. The van der Waals surface area contributed by atoms with Crippen molar-refractivity contribution in [1.82, 2.24) is 0 Å². The van der Waals surface area contributed by atoms with Crippen LogP contribution in [0.2, 0.25) is 0 Å². The number of ketones is 1. The van der Waals surface area contributed by atoms with Crippen LogP contribution in [0, 0.1) is 23.2 Å². The second-order valence-corrected chi connectivity index (χ2v) is 5.29. The second-order valence-electron chi connectivity index (χ2n) is 5.29. The Morgan fingerprint density at radius 1 is 1.50 bits per heavy atom. The minimum atomic E-state index is -0.174. The topological polar surface area (TPSA) is 76.1 Å². The van der Waals surface area contributed by atoms with Gasteiger partial charge in [0.1, 0.15) is 11.8 Å². The van der Waals surface area contributed by atoms with Crippen molar-refractivity contribution in [2.75, 3.05) is 0 Å². The largest absolute Gasteiger partial charge is 0.444 e. The first-order valence-electron chi connectivity index (χ1n) is 6.38. The van der Waals surface area contributed by atoms with E-state index in [-0.39, 0.29) is 17.6 Å². The van der Waals surface area contributed by atoms with Crippen LogP contribution in [-0.4, -0.2) is 5.78 Å². The summed E-state index contributed by atoms with van der Waals surface area (Å²) in [5.74, 6) is 1.20. The predicted octanol–water partition coefficient (Wildman–Crippen LogP) is 2.38. The molecule has 0 unspecified atom stereocenters. The lowest BCUT2D eigenvalue weighted by atomic mass is 9.77. The van der Waals surface area contributed by atoms with Crippen molar-refractivity contribution in [3.05, 3.63) is 22.8 Å². The average Bonchev–Trinajstić information content (AvgIpc) is 2.28. The highest BCUT2D eigenvalue weighted by Crippen LogP contribution is 2.40. The molecule has 18 heavy (non-hydrogen) atoms. The molecule has 0 aromatic rings. The van der Waals surface area contributed by atoms with Crippen molar-refractivity contribution < 1.29 is 9.53 Å². The van der Waals surface area contributed by atoms with Crippen molar-refractivity contribution in [3.8, 4) is 6.07 Å². The van der Waals surface area contributed by atoms with Gasteiger partial charge in [-0.2, -0.15) is 5.26 Å². The Balaban J connectivity index is 2.44. The Kier molecular flexibility index (Phi) is 3.42. The van der Waals surface area contributed by atoms with Crippen LogP contribution in [0.5, 0.6) is 0 Å². The lowest BCUT2D eigenvalue weighted by molar-refractivity contribution is -0.117. The van der Waals surface area contributed by atoms with Crippen molar-refractivity contribution in [3.63, 3.8) is 0 Å². The van der Waals surface area contributed by atoms with Gasteiger partial charge in [-0.3, -0.25) is 4.79 Å². The van der Waals surface area contributed by atoms with Gasteiger partial charge in [0, 0.05) is 24.3 Å². The van der Waals surface area contributed by atoms with Gasteiger partial charge in [-0.1, -0.05) is 13.8 Å². The molecular formula is C14H18N2O2. The number of Topliss-reactive ketones (excluding diaryl/α,β-unsaturated/α-hetero) is 1. The maximum absolute atomic E-state index is 12.1. The Morgan fingerprint density at radius 3 is 2.83 bits per heavy atom. The lowest BCUT2D eigenvalue weighted by Crippen LogP contribution is -2.29. The molecule has 1 aliphatic carbocycles. The van der Waals surface area contributed by atoms with E-state index in [0.29, 0.717) is 29.2 Å². The molecular weight excluding hydrogens is 228 g/mol. The van der Waals surface area contributed by atoms with Crippen LogP contribution in [0.4, 0.5) is 0 Å². The molecule has 4 heteroatoms. The molecule has 0 amide bonds. The Hall–Kier alpha value is -1.76. The van der Waals surface area contributed by atoms with Crippen LogP contribution in [-0.2, 0) is 9.53 Å².